The number of primary sulfonamides is 1. The van der Waals surface area contributed by atoms with Gasteiger partial charge in [0.05, 0.1) is 4.90 Å². The number of amides is 4. The summed E-state index contributed by atoms with van der Waals surface area (Å²) in [4.78, 5) is 37.9. The Balaban J connectivity index is 1.54. The Morgan fingerprint density at radius 2 is 1.96 bits per heavy atom. The molecule has 1 heterocycles. The largest absolute Gasteiger partial charge is 0.326 e. The van der Waals surface area contributed by atoms with E-state index in [4.69, 9.17) is 5.14 Å². The van der Waals surface area contributed by atoms with Crippen LogP contribution in [0.5, 0.6) is 0 Å². The lowest BCUT2D eigenvalue weighted by Crippen LogP contribution is -2.44. The van der Waals surface area contributed by atoms with Gasteiger partial charge in [-0.2, -0.15) is 0 Å². The molecular weight excluding hydrogens is 384 g/mol. The molecule has 3 rings (SSSR count). The lowest BCUT2D eigenvalue weighted by molar-refractivity contribution is -0.131. The van der Waals surface area contributed by atoms with Crippen molar-refractivity contribution in [1.82, 2.24) is 10.2 Å². The summed E-state index contributed by atoms with van der Waals surface area (Å²) < 4.78 is 23.1. The molecule has 28 heavy (non-hydrogen) atoms. The Labute approximate surface area is 163 Å². The third kappa shape index (κ3) is 4.02. The maximum atomic E-state index is 12.5. The number of urea groups is 1. The van der Waals surface area contributed by atoms with Crippen molar-refractivity contribution in [2.24, 2.45) is 5.14 Å². The van der Waals surface area contributed by atoms with Gasteiger partial charge in [0.2, 0.25) is 15.9 Å². The first-order valence-corrected chi connectivity index (χ1v) is 10.7. The van der Waals surface area contributed by atoms with E-state index in [-0.39, 0.29) is 29.7 Å². The van der Waals surface area contributed by atoms with Crippen LogP contribution in [0.25, 0.3) is 0 Å². The molecule has 1 aromatic carbocycles. The highest BCUT2D eigenvalue weighted by Crippen LogP contribution is 2.35. The van der Waals surface area contributed by atoms with Crippen LogP contribution in [0.3, 0.4) is 0 Å². The Morgan fingerprint density at radius 1 is 1.29 bits per heavy atom. The van der Waals surface area contributed by atoms with Crippen molar-refractivity contribution in [3.8, 4) is 0 Å². The number of carbonyl (C=O) groups is 3. The summed E-state index contributed by atoms with van der Waals surface area (Å²) >= 11 is 0. The summed E-state index contributed by atoms with van der Waals surface area (Å²) in [7, 11) is -3.88. The average Bonchev–Trinajstić information content (AvgIpc) is 3.16. The maximum absolute atomic E-state index is 12.5. The second kappa shape index (κ2) is 7.51. The third-order valence-corrected chi connectivity index (χ3v) is 6.32. The van der Waals surface area contributed by atoms with Gasteiger partial charge < -0.3 is 10.6 Å². The summed E-state index contributed by atoms with van der Waals surface area (Å²) in [6.45, 7) is 1.77. The van der Waals surface area contributed by atoms with Gasteiger partial charge in [-0.25, -0.2) is 18.4 Å². The molecule has 0 atom stereocenters. The Bertz CT molecular complexity index is 922. The summed E-state index contributed by atoms with van der Waals surface area (Å²) in [5.74, 6) is -0.543. The number of rotatable bonds is 6. The van der Waals surface area contributed by atoms with Crippen LogP contribution in [0.2, 0.25) is 0 Å². The van der Waals surface area contributed by atoms with Crippen LogP contribution in [0.1, 0.15) is 44.1 Å². The molecule has 1 aromatic rings. The first-order chi connectivity index (χ1) is 13.1. The van der Waals surface area contributed by atoms with E-state index in [0.717, 1.165) is 12.8 Å². The second-order valence-electron chi connectivity index (χ2n) is 7.35. The molecule has 152 valence electrons. The number of aryl methyl sites for hydroxylation is 1. The SMILES string of the molecule is Cc1ccc(NC(=O)CCCN2C(=O)NC3(CCCC3)C2=O)cc1S(N)(=O)=O. The minimum Gasteiger partial charge on any atom is -0.326 e. The summed E-state index contributed by atoms with van der Waals surface area (Å²) in [6.07, 6.45) is 3.55. The fourth-order valence-electron chi connectivity index (χ4n) is 3.80. The van der Waals surface area contributed by atoms with Gasteiger partial charge in [0, 0.05) is 18.7 Å². The molecule has 10 heteroatoms. The smallest absolute Gasteiger partial charge is 0.325 e. The van der Waals surface area contributed by atoms with Crippen LogP contribution >= 0.6 is 0 Å². The van der Waals surface area contributed by atoms with Gasteiger partial charge in [-0.15, -0.1) is 0 Å². The molecule has 1 spiro atoms. The number of nitrogens with two attached hydrogens (primary N) is 1. The van der Waals surface area contributed by atoms with E-state index in [1.165, 1.54) is 11.0 Å². The predicted molar refractivity (Wildman–Crippen MR) is 102 cm³/mol. The van der Waals surface area contributed by atoms with Crippen LogP contribution < -0.4 is 15.8 Å². The molecule has 2 aliphatic rings. The number of hydrogen-bond donors (Lipinski definition) is 3. The lowest BCUT2D eigenvalue weighted by atomic mass is 9.98. The standard InChI is InChI=1S/C18H24N4O5S/c1-12-6-7-13(11-14(12)28(19,26)27)20-15(23)5-4-10-22-16(24)18(21-17(22)25)8-2-3-9-18/h6-7,11H,2-5,8-10H2,1H3,(H,20,23)(H,21,25)(H2,19,26,27). The Hall–Kier alpha value is -2.46. The molecule has 4 N–H and O–H groups in total. The number of anilines is 1. The van der Waals surface area contributed by atoms with Crippen LogP contribution in [0, 0.1) is 6.92 Å². The molecule has 1 aliphatic carbocycles. The monoisotopic (exact) mass is 408 g/mol. The fourth-order valence-corrected chi connectivity index (χ4v) is 4.61. The van der Waals surface area contributed by atoms with E-state index in [0.29, 0.717) is 30.5 Å². The van der Waals surface area contributed by atoms with Crippen molar-refractivity contribution in [3.63, 3.8) is 0 Å². The molecule has 4 amide bonds. The first kappa shape index (κ1) is 20.3. The van der Waals surface area contributed by atoms with Gasteiger partial charge in [0.15, 0.2) is 0 Å². The van der Waals surface area contributed by atoms with Crippen molar-refractivity contribution in [2.75, 3.05) is 11.9 Å². The number of sulfonamides is 1. The molecule has 0 aromatic heterocycles. The first-order valence-electron chi connectivity index (χ1n) is 9.20. The van der Waals surface area contributed by atoms with Gasteiger partial charge in [0.1, 0.15) is 5.54 Å². The van der Waals surface area contributed by atoms with Gasteiger partial charge >= 0.3 is 6.03 Å². The Kier molecular flexibility index (Phi) is 5.44. The molecule has 1 saturated heterocycles. The van der Waals surface area contributed by atoms with Gasteiger partial charge in [-0.05, 0) is 43.9 Å². The van der Waals surface area contributed by atoms with Crippen LogP contribution in [-0.2, 0) is 19.6 Å². The molecule has 9 nitrogen and oxygen atoms in total. The Morgan fingerprint density at radius 3 is 2.61 bits per heavy atom. The quantitative estimate of drug-likeness (QED) is 0.608. The summed E-state index contributed by atoms with van der Waals surface area (Å²) in [5.41, 5.74) is 0.0603. The van der Waals surface area contributed by atoms with Crippen molar-refractivity contribution in [3.05, 3.63) is 23.8 Å². The molecule has 1 saturated carbocycles. The fraction of sp³-hybridized carbons (Fsp3) is 0.500. The van der Waals surface area contributed by atoms with E-state index >= 15 is 0 Å². The highest BCUT2D eigenvalue weighted by molar-refractivity contribution is 7.89. The van der Waals surface area contributed by atoms with Crippen molar-refractivity contribution >= 4 is 33.6 Å². The van der Waals surface area contributed by atoms with Gasteiger partial charge in [-0.1, -0.05) is 18.9 Å². The number of nitrogens with one attached hydrogen (secondary N) is 2. The zero-order chi connectivity index (χ0) is 20.5. The van der Waals surface area contributed by atoms with Gasteiger partial charge in [-0.3, -0.25) is 14.5 Å². The van der Waals surface area contributed by atoms with Crippen LogP contribution in [-0.4, -0.2) is 43.2 Å². The number of carbonyl (C=O) groups excluding carboxylic acids is 3. The molecule has 0 radical (unpaired) electrons. The van der Waals surface area contributed by atoms with Crippen molar-refractivity contribution < 1.29 is 22.8 Å². The highest BCUT2D eigenvalue weighted by Gasteiger charge is 2.52. The minimum atomic E-state index is -3.88. The van der Waals surface area contributed by atoms with E-state index in [1.54, 1.807) is 19.1 Å². The van der Waals surface area contributed by atoms with E-state index in [9.17, 15) is 22.8 Å². The summed E-state index contributed by atoms with van der Waals surface area (Å²) in [6, 6.07) is 4.06. The molecule has 2 fully saturated rings. The minimum absolute atomic E-state index is 0.0495. The van der Waals surface area contributed by atoms with Crippen LogP contribution in [0.15, 0.2) is 23.1 Å². The lowest BCUT2D eigenvalue weighted by Gasteiger charge is -2.19. The number of nitrogens with zero attached hydrogens (tertiary/aromatic N) is 1. The van der Waals surface area contributed by atoms with Crippen LogP contribution in [0.4, 0.5) is 10.5 Å². The number of imide groups is 1. The average molecular weight is 408 g/mol. The molecule has 0 unspecified atom stereocenters. The normalized spacial score (nSPS) is 18.6. The molecule has 0 bridgehead atoms. The van der Waals surface area contributed by atoms with Crippen molar-refractivity contribution in [1.29, 1.82) is 0 Å². The van der Waals surface area contributed by atoms with E-state index < -0.39 is 21.6 Å². The topological polar surface area (TPSA) is 139 Å². The summed E-state index contributed by atoms with van der Waals surface area (Å²) in [5, 5.41) is 10.6. The maximum Gasteiger partial charge on any atom is 0.325 e. The number of benzene rings is 1. The molecular formula is C18H24N4O5S. The number of hydrogen-bond acceptors (Lipinski definition) is 5. The third-order valence-electron chi connectivity index (χ3n) is 5.27. The van der Waals surface area contributed by atoms with Crippen molar-refractivity contribution in [2.45, 2.75) is 55.9 Å². The van der Waals surface area contributed by atoms with E-state index in [1.807, 2.05) is 0 Å². The second-order valence-corrected chi connectivity index (χ2v) is 8.88. The zero-order valence-electron chi connectivity index (χ0n) is 15.7. The van der Waals surface area contributed by atoms with Gasteiger partial charge in [0.25, 0.3) is 5.91 Å². The molecule has 1 aliphatic heterocycles. The highest BCUT2D eigenvalue weighted by atomic mass is 32.2. The predicted octanol–water partition coefficient (Wildman–Crippen LogP) is 1.23. The van der Waals surface area contributed by atoms with E-state index in [2.05, 4.69) is 10.6 Å². The zero-order valence-corrected chi connectivity index (χ0v) is 16.5.